The first-order chi connectivity index (χ1) is 16.9. The fraction of sp³-hybridized carbons (Fsp3) is 0.500. The van der Waals surface area contributed by atoms with Gasteiger partial charge < -0.3 is 14.8 Å². The van der Waals surface area contributed by atoms with Gasteiger partial charge in [0.15, 0.2) is 0 Å². The number of halogens is 1. The molecule has 1 N–H and O–H groups in total. The average molecular weight is 497 g/mol. The van der Waals surface area contributed by atoms with Gasteiger partial charge in [-0.15, -0.1) is 0 Å². The van der Waals surface area contributed by atoms with E-state index >= 15 is 0 Å². The van der Waals surface area contributed by atoms with Gasteiger partial charge in [-0.3, -0.25) is 9.59 Å². The molecular formula is C26H33ClN6O2. The number of hydrogen-bond acceptors (Lipinski definition) is 4. The molecule has 2 aromatic heterocycles. The Balaban J connectivity index is 1.30. The molecule has 9 heteroatoms. The number of aromatic nitrogens is 3. The molecule has 1 aromatic carbocycles. The molecule has 35 heavy (non-hydrogen) atoms. The Kier molecular flexibility index (Phi) is 6.84. The van der Waals surface area contributed by atoms with Gasteiger partial charge in [0, 0.05) is 41.4 Å². The molecule has 0 bridgehead atoms. The Bertz CT molecular complexity index is 1180. The third-order valence-electron chi connectivity index (χ3n) is 7.77. The van der Waals surface area contributed by atoms with Crippen molar-refractivity contribution in [1.29, 1.82) is 0 Å². The van der Waals surface area contributed by atoms with Gasteiger partial charge in [-0.1, -0.05) is 11.6 Å². The van der Waals surface area contributed by atoms with Crippen molar-refractivity contribution in [3.63, 3.8) is 0 Å². The van der Waals surface area contributed by atoms with Crippen LogP contribution in [0.15, 0.2) is 43.0 Å². The summed E-state index contributed by atoms with van der Waals surface area (Å²) in [4.78, 5) is 38.8. The van der Waals surface area contributed by atoms with E-state index in [0.717, 1.165) is 42.8 Å². The summed E-state index contributed by atoms with van der Waals surface area (Å²) >= 11 is 6.12. The molecule has 5 rings (SSSR count). The van der Waals surface area contributed by atoms with E-state index in [2.05, 4.69) is 21.9 Å². The number of nitrogens with zero attached hydrogens (tertiary/aromatic N) is 5. The maximum absolute atomic E-state index is 13.6. The van der Waals surface area contributed by atoms with Crippen molar-refractivity contribution < 1.29 is 9.59 Å². The first kappa shape index (κ1) is 23.9. The highest BCUT2D eigenvalue weighted by atomic mass is 35.5. The summed E-state index contributed by atoms with van der Waals surface area (Å²) in [5, 5.41) is 2.93. The van der Waals surface area contributed by atoms with E-state index in [-0.39, 0.29) is 11.8 Å². The summed E-state index contributed by atoms with van der Waals surface area (Å²) in [6, 6.07) is 6.54. The molecule has 186 valence electrons. The molecule has 0 radical (unpaired) electrons. The number of likely N-dealkylation sites (tertiary alicyclic amines) is 2. The molecular weight excluding hydrogens is 464 g/mol. The second-order valence-electron chi connectivity index (χ2n) is 9.99. The van der Waals surface area contributed by atoms with Crippen molar-refractivity contribution in [2.75, 3.05) is 38.2 Å². The van der Waals surface area contributed by atoms with Crippen LogP contribution in [0.2, 0.25) is 5.02 Å². The highest BCUT2D eigenvalue weighted by molar-refractivity contribution is 6.31. The second kappa shape index (κ2) is 10.0. The molecule has 0 spiro atoms. The topological polar surface area (TPSA) is 77.5 Å². The second-order valence-corrected chi connectivity index (χ2v) is 10.4. The molecule has 8 nitrogen and oxygen atoms in total. The predicted octanol–water partition coefficient (Wildman–Crippen LogP) is 3.77. The van der Waals surface area contributed by atoms with E-state index in [1.165, 1.54) is 30.9 Å². The van der Waals surface area contributed by atoms with Crippen LogP contribution in [0.5, 0.6) is 0 Å². The predicted molar refractivity (Wildman–Crippen MR) is 137 cm³/mol. The minimum Gasteiger partial charge on any atom is -0.350 e. The zero-order chi connectivity index (χ0) is 24.5. The number of imidazole rings is 1. The van der Waals surface area contributed by atoms with Gasteiger partial charge in [0.1, 0.15) is 18.1 Å². The quantitative estimate of drug-likeness (QED) is 0.583. The first-order valence-electron chi connectivity index (χ1n) is 12.5. The lowest BCUT2D eigenvalue weighted by molar-refractivity contribution is -0.134. The van der Waals surface area contributed by atoms with E-state index in [4.69, 9.17) is 11.6 Å². The van der Waals surface area contributed by atoms with Crippen LogP contribution in [0.1, 0.15) is 43.1 Å². The van der Waals surface area contributed by atoms with E-state index in [1.807, 2.05) is 17.0 Å². The van der Waals surface area contributed by atoms with Gasteiger partial charge in [0.25, 0.3) is 5.91 Å². The summed E-state index contributed by atoms with van der Waals surface area (Å²) in [5.74, 6) is 1.12. The number of fused-ring (bicyclic) bond motifs is 1. The largest absolute Gasteiger partial charge is 0.350 e. The number of nitrogens with one attached hydrogen (secondary N) is 1. The number of carbonyl (C=O) groups excluding carboxylic acids is 2. The molecule has 2 aliphatic rings. The van der Waals surface area contributed by atoms with Crippen molar-refractivity contribution >= 4 is 34.3 Å². The number of aromatic amines is 1. The molecule has 4 heterocycles. The lowest BCUT2D eigenvalue weighted by atomic mass is 9.79. The van der Waals surface area contributed by atoms with Gasteiger partial charge in [0.2, 0.25) is 5.91 Å². The van der Waals surface area contributed by atoms with Crippen molar-refractivity contribution in [3.05, 3.63) is 53.7 Å². The van der Waals surface area contributed by atoms with Crippen LogP contribution < -0.4 is 5.01 Å². The Labute approximate surface area is 210 Å². The minimum absolute atomic E-state index is 0.0342. The summed E-state index contributed by atoms with van der Waals surface area (Å²) in [7, 11) is 2.19. The lowest BCUT2D eigenvalue weighted by Gasteiger charge is -2.40. The number of benzene rings is 1. The lowest BCUT2D eigenvalue weighted by Crippen LogP contribution is -2.55. The first-order valence-corrected chi connectivity index (χ1v) is 12.9. The number of hydrogen-bond donors (Lipinski definition) is 1. The van der Waals surface area contributed by atoms with Crippen LogP contribution in [-0.2, 0) is 4.79 Å². The normalized spacial score (nSPS) is 19.2. The molecule has 0 saturated carbocycles. The number of carbonyl (C=O) groups is 2. The molecule has 2 aliphatic heterocycles. The maximum Gasteiger partial charge on any atom is 0.289 e. The van der Waals surface area contributed by atoms with Crippen LogP contribution in [0.25, 0.3) is 10.9 Å². The fourth-order valence-electron chi connectivity index (χ4n) is 5.66. The van der Waals surface area contributed by atoms with Crippen molar-refractivity contribution in [3.8, 4) is 0 Å². The van der Waals surface area contributed by atoms with Crippen LogP contribution in [0.3, 0.4) is 0 Å². The SMILES string of the molecule is C[C@H](C(=O)N1CCC(C2CCN(C)CC2)CC1)N(C(=O)c1cc2cc(Cl)ccc2[nH]1)n1ccnc1. The molecule has 2 saturated heterocycles. The molecule has 0 aliphatic carbocycles. The fourth-order valence-corrected chi connectivity index (χ4v) is 5.84. The highest BCUT2D eigenvalue weighted by Gasteiger charge is 2.35. The van der Waals surface area contributed by atoms with Crippen molar-refractivity contribution in [1.82, 2.24) is 24.4 Å². The standard InChI is InChI=1S/C26H33ClN6O2/c1-18(25(34)31-12-7-20(8-13-31)19-5-10-30(2)11-6-19)33(32-14-9-28-17-32)26(35)24-16-21-15-22(27)3-4-23(21)29-24/h3-4,9,14-20,29H,5-8,10-13H2,1-2H3/t18-/m1/s1. The summed E-state index contributed by atoms with van der Waals surface area (Å²) < 4.78 is 1.59. The van der Waals surface area contributed by atoms with Gasteiger partial charge in [-0.2, -0.15) is 0 Å². The smallest absolute Gasteiger partial charge is 0.289 e. The van der Waals surface area contributed by atoms with Crippen molar-refractivity contribution in [2.24, 2.45) is 11.8 Å². The molecule has 3 aromatic rings. The van der Waals surface area contributed by atoms with Crippen LogP contribution >= 0.6 is 11.6 Å². The zero-order valence-corrected chi connectivity index (χ0v) is 21.1. The number of rotatable bonds is 5. The van der Waals surface area contributed by atoms with Crippen LogP contribution in [-0.4, -0.2) is 75.5 Å². The Hall–Kier alpha value is -2.84. The zero-order valence-electron chi connectivity index (χ0n) is 20.4. The molecule has 2 fully saturated rings. The number of H-pyrrole nitrogens is 1. The van der Waals surface area contributed by atoms with E-state index in [1.54, 1.807) is 42.5 Å². The van der Waals surface area contributed by atoms with Crippen molar-refractivity contribution in [2.45, 2.75) is 38.6 Å². The van der Waals surface area contributed by atoms with Gasteiger partial charge in [-0.25, -0.2) is 14.7 Å². The van der Waals surface area contributed by atoms with Crippen LogP contribution in [0.4, 0.5) is 0 Å². The number of piperidine rings is 2. The summed E-state index contributed by atoms with van der Waals surface area (Å²) in [6.07, 6.45) is 9.42. The Morgan fingerprint density at radius 2 is 1.77 bits per heavy atom. The molecule has 2 amide bonds. The Morgan fingerprint density at radius 3 is 2.43 bits per heavy atom. The van der Waals surface area contributed by atoms with E-state index < -0.39 is 6.04 Å². The third kappa shape index (κ3) is 4.95. The van der Waals surface area contributed by atoms with Crippen LogP contribution in [0, 0.1) is 11.8 Å². The van der Waals surface area contributed by atoms with E-state index in [9.17, 15) is 9.59 Å². The summed E-state index contributed by atoms with van der Waals surface area (Å²) in [6.45, 7) is 5.63. The highest BCUT2D eigenvalue weighted by Crippen LogP contribution is 2.32. The van der Waals surface area contributed by atoms with Gasteiger partial charge in [0.05, 0.1) is 0 Å². The van der Waals surface area contributed by atoms with E-state index in [0.29, 0.717) is 16.6 Å². The maximum atomic E-state index is 13.6. The minimum atomic E-state index is -0.674. The monoisotopic (exact) mass is 496 g/mol. The van der Waals surface area contributed by atoms with Gasteiger partial charge in [-0.05, 0) is 88.8 Å². The molecule has 0 unspecified atom stereocenters. The number of amides is 2. The van der Waals surface area contributed by atoms with Gasteiger partial charge >= 0.3 is 0 Å². The summed E-state index contributed by atoms with van der Waals surface area (Å²) in [5.41, 5.74) is 1.22. The Morgan fingerprint density at radius 1 is 1.09 bits per heavy atom. The molecule has 1 atom stereocenters. The third-order valence-corrected chi connectivity index (χ3v) is 8.00. The average Bonchev–Trinajstić information content (AvgIpc) is 3.54.